The van der Waals surface area contributed by atoms with Crippen molar-refractivity contribution in [1.82, 2.24) is 4.90 Å². The summed E-state index contributed by atoms with van der Waals surface area (Å²) in [7, 11) is 0. The Hall–Kier alpha value is -1.35. The minimum absolute atomic E-state index is 0.0705. The summed E-state index contributed by atoms with van der Waals surface area (Å²) in [6.07, 6.45) is 0. The summed E-state index contributed by atoms with van der Waals surface area (Å²) in [6.45, 7) is 10.8. The Morgan fingerprint density at radius 2 is 1.74 bits per heavy atom. The number of carboxylic acid groups (broad SMARTS) is 1. The van der Waals surface area contributed by atoms with Gasteiger partial charge in [0.15, 0.2) is 0 Å². The summed E-state index contributed by atoms with van der Waals surface area (Å²) in [5.41, 5.74) is 1.15. The maximum Gasteiger partial charge on any atom is 0.307 e. The molecule has 2 atom stereocenters. The van der Waals surface area contributed by atoms with Crippen LogP contribution >= 0.6 is 0 Å². The lowest BCUT2D eigenvalue weighted by Crippen LogP contribution is -2.46. The fraction of sp³-hybridized carbons (Fsp3) is 0.562. The van der Waals surface area contributed by atoms with Crippen LogP contribution in [0.3, 0.4) is 0 Å². The molecular weight excluding hydrogens is 238 g/mol. The van der Waals surface area contributed by atoms with Crippen LogP contribution in [0.5, 0.6) is 0 Å². The average molecular weight is 263 g/mol. The smallest absolute Gasteiger partial charge is 0.307 e. The molecule has 0 fully saturated rings. The lowest BCUT2D eigenvalue weighted by atomic mass is 9.96. The van der Waals surface area contributed by atoms with Crippen LogP contribution < -0.4 is 0 Å². The molecule has 0 aliphatic heterocycles. The molecule has 1 rings (SSSR count). The molecule has 1 N–H and O–H groups in total. The summed E-state index contributed by atoms with van der Waals surface area (Å²) in [5, 5.41) is 9.12. The van der Waals surface area contributed by atoms with Gasteiger partial charge in [0, 0.05) is 18.1 Å². The van der Waals surface area contributed by atoms with Crippen LogP contribution in [0.4, 0.5) is 0 Å². The fourth-order valence-corrected chi connectivity index (χ4v) is 2.30. The van der Waals surface area contributed by atoms with Gasteiger partial charge in [0.25, 0.3) is 0 Å². The molecule has 1 aromatic rings. The molecule has 0 aliphatic rings. The first-order valence-corrected chi connectivity index (χ1v) is 6.78. The second kappa shape index (κ2) is 6.20. The summed E-state index contributed by atoms with van der Waals surface area (Å²) >= 11 is 0. The predicted molar refractivity (Wildman–Crippen MR) is 78.1 cm³/mol. The third-order valence-electron chi connectivity index (χ3n) is 3.50. The van der Waals surface area contributed by atoms with Gasteiger partial charge in [0.1, 0.15) is 0 Å². The zero-order valence-electron chi connectivity index (χ0n) is 12.6. The monoisotopic (exact) mass is 263 g/mol. The third kappa shape index (κ3) is 4.35. The maximum atomic E-state index is 11.1. The van der Waals surface area contributed by atoms with Gasteiger partial charge < -0.3 is 5.11 Å². The number of benzene rings is 1. The molecule has 3 heteroatoms. The number of nitrogens with zero attached hydrogens (tertiary/aromatic N) is 1. The van der Waals surface area contributed by atoms with E-state index >= 15 is 0 Å². The molecule has 19 heavy (non-hydrogen) atoms. The molecule has 0 amide bonds. The predicted octanol–water partition coefficient (Wildman–Crippen LogP) is 3.57. The van der Waals surface area contributed by atoms with Crippen LogP contribution in [0.2, 0.25) is 0 Å². The minimum Gasteiger partial charge on any atom is -0.481 e. The normalized spacial score (nSPS) is 15.3. The maximum absolute atomic E-state index is 11.1. The lowest BCUT2D eigenvalue weighted by molar-refractivity contribution is -0.142. The number of carbonyl (C=O) groups is 1. The van der Waals surface area contributed by atoms with Crippen molar-refractivity contribution in [2.24, 2.45) is 5.92 Å². The van der Waals surface area contributed by atoms with E-state index in [1.165, 1.54) is 5.56 Å². The summed E-state index contributed by atoms with van der Waals surface area (Å²) in [6, 6.07) is 10.4. The quantitative estimate of drug-likeness (QED) is 0.883. The van der Waals surface area contributed by atoms with E-state index in [2.05, 4.69) is 44.7 Å². The van der Waals surface area contributed by atoms with Crippen molar-refractivity contribution in [1.29, 1.82) is 0 Å². The number of aliphatic carboxylic acids is 1. The Morgan fingerprint density at radius 3 is 2.16 bits per heavy atom. The van der Waals surface area contributed by atoms with E-state index in [4.69, 9.17) is 5.11 Å². The van der Waals surface area contributed by atoms with E-state index < -0.39 is 5.97 Å². The Morgan fingerprint density at radius 1 is 1.21 bits per heavy atom. The van der Waals surface area contributed by atoms with Gasteiger partial charge in [0.2, 0.25) is 0 Å². The van der Waals surface area contributed by atoms with Gasteiger partial charge in [-0.25, -0.2) is 0 Å². The molecule has 3 nitrogen and oxygen atoms in total. The second-order valence-corrected chi connectivity index (χ2v) is 6.15. The van der Waals surface area contributed by atoms with E-state index in [0.29, 0.717) is 6.54 Å². The van der Waals surface area contributed by atoms with Crippen LogP contribution in [0.1, 0.15) is 46.2 Å². The first-order valence-electron chi connectivity index (χ1n) is 6.78. The average Bonchev–Trinajstić information content (AvgIpc) is 2.34. The van der Waals surface area contributed by atoms with Crippen LogP contribution in [0, 0.1) is 5.92 Å². The molecule has 106 valence electrons. The minimum atomic E-state index is -0.741. The molecule has 0 aromatic heterocycles. The molecule has 0 saturated heterocycles. The van der Waals surface area contributed by atoms with E-state index in [1.807, 2.05) is 18.2 Å². The molecule has 0 heterocycles. The van der Waals surface area contributed by atoms with Crippen LogP contribution in [-0.4, -0.2) is 28.1 Å². The highest BCUT2D eigenvalue weighted by molar-refractivity contribution is 5.69. The van der Waals surface area contributed by atoms with E-state index in [0.717, 1.165) is 0 Å². The largest absolute Gasteiger partial charge is 0.481 e. The van der Waals surface area contributed by atoms with Crippen molar-refractivity contribution < 1.29 is 9.90 Å². The van der Waals surface area contributed by atoms with Gasteiger partial charge in [-0.2, -0.15) is 0 Å². The Kier molecular flexibility index (Phi) is 5.12. The number of carboxylic acids is 1. The topological polar surface area (TPSA) is 40.5 Å². The third-order valence-corrected chi connectivity index (χ3v) is 3.50. The van der Waals surface area contributed by atoms with E-state index in [1.54, 1.807) is 6.92 Å². The molecule has 0 bridgehead atoms. The zero-order chi connectivity index (χ0) is 14.6. The van der Waals surface area contributed by atoms with Crippen molar-refractivity contribution in [3.63, 3.8) is 0 Å². The highest BCUT2D eigenvalue weighted by Crippen LogP contribution is 2.28. The van der Waals surface area contributed by atoms with Crippen molar-refractivity contribution in [3.05, 3.63) is 35.9 Å². The summed E-state index contributed by atoms with van der Waals surface area (Å²) < 4.78 is 0. The molecule has 2 unspecified atom stereocenters. The van der Waals surface area contributed by atoms with Gasteiger partial charge in [-0.1, -0.05) is 37.3 Å². The first-order chi connectivity index (χ1) is 8.73. The van der Waals surface area contributed by atoms with Gasteiger partial charge in [-0.15, -0.1) is 0 Å². The molecular formula is C16H25NO2. The Labute approximate surface area is 116 Å². The van der Waals surface area contributed by atoms with Gasteiger partial charge >= 0.3 is 5.97 Å². The van der Waals surface area contributed by atoms with Crippen molar-refractivity contribution in [3.8, 4) is 0 Å². The van der Waals surface area contributed by atoms with Gasteiger partial charge in [-0.3, -0.25) is 9.69 Å². The first kappa shape index (κ1) is 15.7. The number of hydrogen-bond donors (Lipinski definition) is 1. The zero-order valence-corrected chi connectivity index (χ0v) is 12.6. The van der Waals surface area contributed by atoms with Crippen LogP contribution in [0.25, 0.3) is 0 Å². The van der Waals surface area contributed by atoms with Gasteiger partial charge in [0.05, 0.1) is 5.92 Å². The molecule has 0 spiro atoms. The SMILES string of the molecule is CC(CN(C(C)c1ccccc1)C(C)(C)C)C(=O)O. The van der Waals surface area contributed by atoms with Crippen LogP contribution in [0.15, 0.2) is 30.3 Å². The molecule has 0 aliphatic carbocycles. The molecule has 1 aromatic carbocycles. The Balaban J connectivity index is 2.95. The van der Waals surface area contributed by atoms with Gasteiger partial charge in [-0.05, 0) is 33.3 Å². The van der Waals surface area contributed by atoms with Crippen LogP contribution in [-0.2, 0) is 4.79 Å². The number of hydrogen-bond acceptors (Lipinski definition) is 2. The van der Waals surface area contributed by atoms with Crippen molar-refractivity contribution >= 4 is 5.97 Å². The van der Waals surface area contributed by atoms with E-state index in [-0.39, 0.29) is 17.5 Å². The highest BCUT2D eigenvalue weighted by atomic mass is 16.4. The lowest BCUT2D eigenvalue weighted by Gasteiger charge is -2.41. The second-order valence-electron chi connectivity index (χ2n) is 6.15. The number of rotatable bonds is 5. The highest BCUT2D eigenvalue weighted by Gasteiger charge is 2.30. The standard InChI is InChI=1S/C16H25NO2/c1-12(15(18)19)11-17(16(3,4)5)13(2)14-9-7-6-8-10-14/h6-10,12-13H,11H2,1-5H3,(H,18,19). The summed E-state index contributed by atoms with van der Waals surface area (Å²) in [4.78, 5) is 13.3. The van der Waals surface area contributed by atoms with E-state index in [9.17, 15) is 4.79 Å². The fourth-order valence-electron chi connectivity index (χ4n) is 2.30. The molecule has 0 radical (unpaired) electrons. The molecule has 0 saturated carbocycles. The van der Waals surface area contributed by atoms with Crippen molar-refractivity contribution in [2.45, 2.75) is 46.2 Å². The Bertz CT molecular complexity index is 409. The summed E-state index contributed by atoms with van der Waals surface area (Å²) in [5.74, 6) is -1.11. The van der Waals surface area contributed by atoms with Crippen molar-refractivity contribution in [2.75, 3.05) is 6.54 Å².